The number of methoxy groups -OCH3 is 1. The van der Waals surface area contributed by atoms with Crippen LogP contribution in [-0.4, -0.2) is 24.4 Å². The normalized spacial score (nSPS) is 19.9. The highest BCUT2D eigenvalue weighted by Crippen LogP contribution is 2.36. The predicted molar refractivity (Wildman–Crippen MR) is 70.3 cm³/mol. The Labute approximate surface area is 115 Å². The highest BCUT2D eigenvalue weighted by Gasteiger charge is 2.31. The molecule has 2 rings (SSSR count). The van der Waals surface area contributed by atoms with Crippen molar-refractivity contribution in [3.63, 3.8) is 0 Å². The van der Waals surface area contributed by atoms with Crippen LogP contribution in [0.2, 0.25) is 0 Å². The molecule has 1 heterocycles. The zero-order valence-corrected chi connectivity index (χ0v) is 12.2. The standard InChI is InChI=1S/C11H10Br2FNO2/c1-17-10-3-7(13)8(14)4-9(10)15-5-6(12)2-11(15)16/h3-4,6H,2,5H2,1H3. The summed E-state index contributed by atoms with van der Waals surface area (Å²) in [6, 6.07) is 2.84. The number of anilines is 1. The van der Waals surface area contributed by atoms with Crippen molar-refractivity contribution in [1.29, 1.82) is 0 Å². The van der Waals surface area contributed by atoms with E-state index in [0.29, 0.717) is 28.9 Å². The fourth-order valence-corrected chi connectivity index (χ4v) is 2.68. The minimum atomic E-state index is -0.411. The van der Waals surface area contributed by atoms with Crippen molar-refractivity contribution in [1.82, 2.24) is 0 Å². The molecule has 6 heteroatoms. The third kappa shape index (κ3) is 2.47. The fraction of sp³-hybridized carbons (Fsp3) is 0.364. The highest BCUT2D eigenvalue weighted by atomic mass is 79.9. The van der Waals surface area contributed by atoms with Crippen LogP contribution in [0.5, 0.6) is 5.75 Å². The Bertz CT molecular complexity index is 467. The third-order valence-corrected chi connectivity index (χ3v) is 3.81. The van der Waals surface area contributed by atoms with Crippen molar-refractivity contribution in [2.75, 3.05) is 18.6 Å². The van der Waals surface area contributed by atoms with E-state index in [1.807, 2.05) is 0 Å². The van der Waals surface area contributed by atoms with Crippen LogP contribution < -0.4 is 9.64 Å². The Morgan fingerprint density at radius 2 is 2.24 bits per heavy atom. The summed E-state index contributed by atoms with van der Waals surface area (Å²) in [5, 5.41) is 0. The molecule has 1 aliphatic heterocycles. The molecular formula is C11H10Br2FNO2. The van der Waals surface area contributed by atoms with Crippen molar-refractivity contribution >= 4 is 43.5 Å². The van der Waals surface area contributed by atoms with Crippen LogP contribution in [0.4, 0.5) is 10.1 Å². The van der Waals surface area contributed by atoms with Gasteiger partial charge >= 0.3 is 0 Å². The first kappa shape index (κ1) is 12.8. The molecule has 1 saturated heterocycles. The second kappa shape index (κ2) is 4.94. The lowest BCUT2D eigenvalue weighted by molar-refractivity contribution is -0.117. The molecule has 1 aliphatic rings. The van der Waals surface area contributed by atoms with Gasteiger partial charge in [0, 0.05) is 23.9 Å². The summed E-state index contributed by atoms with van der Waals surface area (Å²) in [5.41, 5.74) is 0.472. The number of hydrogen-bond donors (Lipinski definition) is 0. The number of hydrogen-bond acceptors (Lipinski definition) is 2. The molecular weight excluding hydrogens is 357 g/mol. The second-order valence-corrected chi connectivity index (χ2v) is 5.89. The Kier molecular flexibility index (Phi) is 3.73. The van der Waals surface area contributed by atoms with Gasteiger partial charge < -0.3 is 9.64 Å². The van der Waals surface area contributed by atoms with Crippen LogP contribution in [-0.2, 0) is 4.79 Å². The van der Waals surface area contributed by atoms with E-state index < -0.39 is 5.82 Å². The summed E-state index contributed by atoms with van der Waals surface area (Å²) >= 11 is 6.48. The summed E-state index contributed by atoms with van der Waals surface area (Å²) in [6.45, 7) is 0.524. The van der Waals surface area contributed by atoms with Crippen molar-refractivity contribution in [3.8, 4) is 5.75 Å². The average molecular weight is 367 g/mol. The number of ether oxygens (including phenoxy) is 1. The maximum absolute atomic E-state index is 13.5. The van der Waals surface area contributed by atoms with Crippen molar-refractivity contribution in [2.24, 2.45) is 0 Å². The van der Waals surface area contributed by atoms with E-state index in [1.165, 1.54) is 24.1 Å². The largest absolute Gasteiger partial charge is 0.495 e. The van der Waals surface area contributed by atoms with Gasteiger partial charge in [-0.2, -0.15) is 0 Å². The van der Waals surface area contributed by atoms with Crippen LogP contribution in [0.3, 0.4) is 0 Å². The number of alkyl halides is 1. The van der Waals surface area contributed by atoms with Crippen LogP contribution in [0, 0.1) is 5.82 Å². The summed E-state index contributed by atoms with van der Waals surface area (Å²) in [4.78, 5) is 13.4. The monoisotopic (exact) mass is 365 g/mol. The van der Waals surface area contributed by atoms with Gasteiger partial charge in [0.15, 0.2) is 0 Å². The first-order valence-corrected chi connectivity index (χ1v) is 6.71. The van der Waals surface area contributed by atoms with E-state index in [4.69, 9.17) is 4.74 Å². The second-order valence-electron chi connectivity index (χ2n) is 3.74. The lowest BCUT2D eigenvalue weighted by atomic mass is 10.2. The molecule has 1 unspecified atom stereocenters. The van der Waals surface area contributed by atoms with Crippen molar-refractivity contribution < 1.29 is 13.9 Å². The zero-order valence-electron chi connectivity index (χ0n) is 9.04. The number of rotatable bonds is 2. The number of amides is 1. The maximum Gasteiger partial charge on any atom is 0.228 e. The minimum Gasteiger partial charge on any atom is -0.495 e. The molecule has 0 aliphatic carbocycles. The van der Waals surface area contributed by atoms with Gasteiger partial charge in [-0.05, 0) is 22.0 Å². The molecule has 0 N–H and O–H groups in total. The molecule has 92 valence electrons. The molecule has 17 heavy (non-hydrogen) atoms. The minimum absolute atomic E-state index is 0.0353. The van der Waals surface area contributed by atoms with Crippen LogP contribution in [0.15, 0.2) is 16.6 Å². The van der Waals surface area contributed by atoms with Gasteiger partial charge in [0.2, 0.25) is 5.91 Å². The first-order valence-electron chi connectivity index (χ1n) is 5.00. The number of halogens is 3. The lowest BCUT2D eigenvalue weighted by Crippen LogP contribution is -2.25. The lowest BCUT2D eigenvalue weighted by Gasteiger charge is -2.19. The van der Waals surface area contributed by atoms with Crippen LogP contribution >= 0.6 is 31.9 Å². The van der Waals surface area contributed by atoms with Crippen LogP contribution in [0.1, 0.15) is 6.42 Å². The Balaban J connectivity index is 2.44. The number of benzene rings is 1. The summed E-state index contributed by atoms with van der Waals surface area (Å²) in [6.07, 6.45) is 0.417. The van der Waals surface area contributed by atoms with Gasteiger partial charge in [0.25, 0.3) is 0 Å². The predicted octanol–water partition coefficient (Wildman–Crippen LogP) is 3.10. The number of carbonyl (C=O) groups is 1. The molecule has 0 bridgehead atoms. The third-order valence-electron chi connectivity index (χ3n) is 2.59. The average Bonchev–Trinajstić information content (AvgIpc) is 2.61. The van der Waals surface area contributed by atoms with Gasteiger partial charge in [0.1, 0.15) is 11.6 Å². The molecule has 1 aromatic carbocycles. The maximum atomic E-state index is 13.5. The molecule has 3 nitrogen and oxygen atoms in total. The summed E-state index contributed by atoms with van der Waals surface area (Å²) in [5.74, 6) is 0.0340. The molecule has 0 spiro atoms. The first-order chi connectivity index (χ1) is 8.02. The van der Waals surface area contributed by atoms with Gasteiger partial charge in [0.05, 0.1) is 17.3 Å². The van der Waals surface area contributed by atoms with Crippen LogP contribution in [0.25, 0.3) is 0 Å². The van der Waals surface area contributed by atoms with E-state index in [0.717, 1.165) is 0 Å². The zero-order chi connectivity index (χ0) is 12.6. The van der Waals surface area contributed by atoms with E-state index in [2.05, 4.69) is 31.9 Å². The molecule has 1 atom stereocenters. The molecule has 1 fully saturated rings. The summed E-state index contributed by atoms with van der Waals surface area (Å²) in [7, 11) is 1.50. The van der Waals surface area contributed by atoms with E-state index in [9.17, 15) is 9.18 Å². The highest BCUT2D eigenvalue weighted by molar-refractivity contribution is 9.10. The van der Waals surface area contributed by atoms with Crippen molar-refractivity contribution in [3.05, 3.63) is 22.4 Å². The van der Waals surface area contributed by atoms with Crippen molar-refractivity contribution in [2.45, 2.75) is 11.2 Å². The quantitative estimate of drug-likeness (QED) is 0.753. The molecule has 0 saturated carbocycles. The van der Waals surface area contributed by atoms with Gasteiger partial charge in [-0.25, -0.2) is 4.39 Å². The summed E-state index contributed by atoms with van der Waals surface area (Å²) < 4.78 is 19.0. The van der Waals surface area contributed by atoms with Gasteiger partial charge in [-0.1, -0.05) is 15.9 Å². The molecule has 1 amide bonds. The molecule has 1 aromatic rings. The van der Waals surface area contributed by atoms with E-state index in [1.54, 1.807) is 0 Å². The Hall–Kier alpha value is -0.620. The number of carbonyl (C=O) groups excluding carboxylic acids is 1. The molecule has 0 radical (unpaired) electrons. The Morgan fingerprint density at radius 3 is 2.76 bits per heavy atom. The van der Waals surface area contributed by atoms with Gasteiger partial charge in [-0.15, -0.1) is 0 Å². The van der Waals surface area contributed by atoms with E-state index >= 15 is 0 Å². The fourth-order valence-electron chi connectivity index (χ4n) is 1.79. The topological polar surface area (TPSA) is 29.5 Å². The van der Waals surface area contributed by atoms with Gasteiger partial charge in [-0.3, -0.25) is 4.79 Å². The molecule has 0 aromatic heterocycles. The SMILES string of the molecule is COc1cc(Br)c(F)cc1N1CC(Br)CC1=O. The smallest absolute Gasteiger partial charge is 0.228 e. The number of nitrogens with zero attached hydrogens (tertiary/aromatic N) is 1. The van der Waals surface area contributed by atoms with E-state index in [-0.39, 0.29) is 10.7 Å². The Morgan fingerprint density at radius 1 is 1.53 bits per heavy atom.